The lowest BCUT2D eigenvalue weighted by atomic mass is 10.1. The van der Waals surface area contributed by atoms with Crippen molar-refractivity contribution in [2.24, 2.45) is 7.05 Å². The van der Waals surface area contributed by atoms with Gasteiger partial charge < -0.3 is 19.5 Å². The Morgan fingerprint density at radius 3 is 2.80 bits per heavy atom. The quantitative estimate of drug-likeness (QED) is 0.718. The molecule has 158 valence electrons. The number of nitrogens with one attached hydrogen (secondary N) is 1. The Morgan fingerprint density at radius 2 is 2.07 bits per heavy atom. The molecule has 1 saturated heterocycles. The lowest BCUT2D eigenvalue weighted by Gasteiger charge is -2.32. The summed E-state index contributed by atoms with van der Waals surface area (Å²) in [6.07, 6.45) is 1.08. The first-order valence-corrected chi connectivity index (χ1v) is 10.2. The Balaban J connectivity index is 1.48. The Kier molecular flexibility index (Phi) is 5.34. The number of nitrogens with zero attached hydrogens (tertiary/aromatic N) is 4. The molecule has 0 spiro atoms. The van der Waals surface area contributed by atoms with E-state index in [4.69, 9.17) is 4.74 Å². The van der Waals surface area contributed by atoms with Crippen molar-refractivity contribution in [3.63, 3.8) is 0 Å². The molecule has 1 N–H and O–H groups in total. The van der Waals surface area contributed by atoms with Gasteiger partial charge in [0.1, 0.15) is 0 Å². The third-order valence-electron chi connectivity index (χ3n) is 5.92. The fourth-order valence-corrected chi connectivity index (χ4v) is 3.88. The fourth-order valence-electron chi connectivity index (χ4n) is 3.88. The lowest BCUT2D eigenvalue weighted by molar-refractivity contribution is -0.131. The maximum atomic E-state index is 13.1. The van der Waals surface area contributed by atoms with Crippen LogP contribution in [0.5, 0.6) is 0 Å². The van der Waals surface area contributed by atoms with Crippen LogP contribution in [-0.4, -0.2) is 56.9 Å². The molecule has 0 aliphatic carbocycles. The molecule has 8 heteroatoms. The van der Waals surface area contributed by atoms with Crippen molar-refractivity contribution in [3.05, 3.63) is 47.3 Å². The number of fused-ring (bicyclic) bond motifs is 1. The number of carbonyl (C=O) groups excluding carboxylic acids is 2. The largest absolute Gasteiger partial charge is 0.365 e. The molecular formula is C22H27N5O3. The summed E-state index contributed by atoms with van der Waals surface area (Å²) in [7, 11) is 2.03. The van der Waals surface area contributed by atoms with Crippen molar-refractivity contribution < 1.29 is 14.3 Å². The summed E-state index contributed by atoms with van der Waals surface area (Å²) in [4.78, 5) is 27.4. The van der Waals surface area contributed by atoms with Crippen LogP contribution in [0.3, 0.4) is 0 Å². The van der Waals surface area contributed by atoms with E-state index in [9.17, 15) is 9.59 Å². The highest BCUT2D eigenvalue weighted by Gasteiger charge is 2.30. The highest BCUT2D eigenvalue weighted by molar-refractivity contribution is 6.00. The summed E-state index contributed by atoms with van der Waals surface area (Å²) < 4.78 is 9.49. The van der Waals surface area contributed by atoms with E-state index >= 15 is 0 Å². The number of amides is 2. The first kappa shape index (κ1) is 20.2. The van der Waals surface area contributed by atoms with Gasteiger partial charge in [0.05, 0.1) is 13.2 Å². The fraction of sp³-hybridized carbons (Fsp3) is 0.409. The van der Waals surface area contributed by atoms with E-state index in [1.54, 1.807) is 21.8 Å². The van der Waals surface area contributed by atoms with E-state index in [1.165, 1.54) is 11.3 Å². The number of benzene rings is 1. The molecule has 1 aromatic carbocycles. The first-order valence-electron chi connectivity index (χ1n) is 10.2. The van der Waals surface area contributed by atoms with Gasteiger partial charge in [0.15, 0.2) is 11.9 Å². The minimum atomic E-state index is -0.723. The van der Waals surface area contributed by atoms with Crippen molar-refractivity contribution in [2.45, 2.75) is 33.4 Å². The van der Waals surface area contributed by atoms with Crippen LogP contribution >= 0.6 is 0 Å². The molecule has 0 saturated carbocycles. The van der Waals surface area contributed by atoms with Gasteiger partial charge in [-0.25, -0.2) is 0 Å². The Labute approximate surface area is 175 Å². The van der Waals surface area contributed by atoms with E-state index in [2.05, 4.69) is 28.8 Å². The number of morpholine rings is 1. The number of aromatic nitrogens is 3. The van der Waals surface area contributed by atoms with Gasteiger partial charge in [0, 0.05) is 54.6 Å². The molecule has 0 radical (unpaired) electrons. The maximum absolute atomic E-state index is 13.1. The minimum absolute atomic E-state index is 0.0887. The van der Waals surface area contributed by atoms with E-state index in [0.717, 1.165) is 17.4 Å². The van der Waals surface area contributed by atoms with Crippen LogP contribution in [0.4, 0.5) is 5.82 Å². The third-order valence-corrected chi connectivity index (χ3v) is 5.92. The zero-order chi connectivity index (χ0) is 21.4. The average Bonchev–Trinajstić information content (AvgIpc) is 3.31. The number of hydrogen-bond donors (Lipinski definition) is 1. The minimum Gasteiger partial charge on any atom is -0.365 e. The number of carbonyl (C=O) groups is 2. The zero-order valence-electron chi connectivity index (χ0n) is 17.8. The number of hydrogen-bond acceptors (Lipinski definition) is 4. The van der Waals surface area contributed by atoms with Crippen molar-refractivity contribution in [3.8, 4) is 0 Å². The van der Waals surface area contributed by atoms with Gasteiger partial charge in [-0.3, -0.25) is 14.3 Å². The van der Waals surface area contributed by atoms with Gasteiger partial charge >= 0.3 is 0 Å². The second kappa shape index (κ2) is 7.95. The summed E-state index contributed by atoms with van der Waals surface area (Å²) in [6.45, 7) is 7.83. The molecule has 30 heavy (non-hydrogen) atoms. The van der Waals surface area contributed by atoms with E-state index in [0.29, 0.717) is 24.5 Å². The molecule has 1 aliphatic rings. The van der Waals surface area contributed by atoms with Crippen LogP contribution in [0.15, 0.2) is 30.5 Å². The van der Waals surface area contributed by atoms with Crippen molar-refractivity contribution in [1.82, 2.24) is 19.2 Å². The second-order valence-electron chi connectivity index (χ2n) is 7.66. The van der Waals surface area contributed by atoms with E-state index < -0.39 is 6.10 Å². The summed E-state index contributed by atoms with van der Waals surface area (Å²) in [5.74, 6) is 0.0993. The summed E-state index contributed by atoms with van der Waals surface area (Å²) in [6, 6.07) is 7.53. The molecule has 2 aromatic heterocycles. The first-order chi connectivity index (χ1) is 14.4. The van der Waals surface area contributed by atoms with E-state index in [-0.39, 0.29) is 18.4 Å². The van der Waals surface area contributed by atoms with Crippen molar-refractivity contribution in [2.75, 3.05) is 25.0 Å². The SMILES string of the molecule is CCn1ccc(NC(=O)C2CN(C(=O)c3ccc4c(c3)c(C)c(C)n4C)CCO2)n1. The van der Waals surface area contributed by atoms with Crippen LogP contribution in [0.1, 0.15) is 28.5 Å². The maximum Gasteiger partial charge on any atom is 0.256 e. The van der Waals surface area contributed by atoms with Crippen LogP contribution in [0.25, 0.3) is 10.9 Å². The summed E-state index contributed by atoms with van der Waals surface area (Å²) >= 11 is 0. The van der Waals surface area contributed by atoms with Crippen molar-refractivity contribution in [1.29, 1.82) is 0 Å². The Morgan fingerprint density at radius 1 is 1.27 bits per heavy atom. The predicted octanol–water partition coefficient (Wildman–Crippen LogP) is 2.49. The smallest absolute Gasteiger partial charge is 0.256 e. The van der Waals surface area contributed by atoms with Crippen LogP contribution in [0.2, 0.25) is 0 Å². The van der Waals surface area contributed by atoms with Gasteiger partial charge in [-0.2, -0.15) is 5.10 Å². The molecule has 8 nitrogen and oxygen atoms in total. The second-order valence-corrected chi connectivity index (χ2v) is 7.66. The molecular weight excluding hydrogens is 382 g/mol. The number of rotatable bonds is 4. The van der Waals surface area contributed by atoms with Gasteiger partial charge in [0.2, 0.25) is 0 Å². The predicted molar refractivity (Wildman–Crippen MR) is 115 cm³/mol. The van der Waals surface area contributed by atoms with Gasteiger partial charge in [-0.1, -0.05) is 0 Å². The van der Waals surface area contributed by atoms with Crippen LogP contribution in [-0.2, 0) is 23.1 Å². The summed E-state index contributed by atoms with van der Waals surface area (Å²) in [5, 5.41) is 8.11. The van der Waals surface area contributed by atoms with Gasteiger partial charge in [-0.15, -0.1) is 0 Å². The lowest BCUT2D eigenvalue weighted by Crippen LogP contribution is -2.50. The molecule has 2 amide bonds. The number of ether oxygens (including phenoxy) is 1. The standard InChI is InChI=1S/C22H27N5O3/c1-5-27-9-8-20(24-27)23-21(28)19-13-26(10-11-30-19)22(29)16-6-7-18-17(12-16)14(2)15(3)25(18)4/h6-9,12,19H,5,10-11,13H2,1-4H3,(H,23,24,28). The van der Waals surface area contributed by atoms with Gasteiger partial charge in [-0.05, 0) is 44.5 Å². The van der Waals surface area contributed by atoms with Crippen LogP contribution < -0.4 is 5.32 Å². The molecule has 1 atom stereocenters. The molecule has 4 rings (SSSR count). The molecule has 0 bridgehead atoms. The summed E-state index contributed by atoms with van der Waals surface area (Å²) in [5.41, 5.74) is 4.09. The highest BCUT2D eigenvalue weighted by Crippen LogP contribution is 2.26. The average molecular weight is 409 g/mol. The normalized spacial score (nSPS) is 16.8. The molecule has 3 aromatic rings. The van der Waals surface area contributed by atoms with Crippen molar-refractivity contribution >= 4 is 28.5 Å². The number of aryl methyl sites for hydroxylation is 3. The Bertz CT molecular complexity index is 1110. The number of anilines is 1. The molecule has 3 heterocycles. The Hall–Kier alpha value is -3.13. The van der Waals surface area contributed by atoms with Crippen LogP contribution in [0, 0.1) is 13.8 Å². The third kappa shape index (κ3) is 3.59. The molecule has 1 unspecified atom stereocenters. The molecule has 1 aliphatic heterocycles. The monoisotopic (exact) mass is 409 g/mol. The zero-order valence-corrected chi connectivity index (χ0v) is 17.8. The molecule has 1 fully saturated rings. The highest BCUT2D eigenvalue weighted by atomic mass is 16.5. The van der Waals surface area contributed by atoms with Gasteiger partial charge in [0.25, 0.3) is 11.8 Å². The van der Waals surface area contributed by atoms with E-state index in [1.807, 2.05) is 32.2 Å². The topological polar surface area (TPSA) is 81.4 Å².